The maximum absolute atomic E-state index is 13.9. The quantitative estimate of drug-likeness (QED) is 0.234. The van der Waals surface area contributed by atoms with E-state index in [9.17, 15) is 22.8 Å². The van der Waals surface area contributed by atoms with Gasteiger partial charge in [0.25, 0.3) is 11.8 Å². The van der Waals surface area contributed by atoms with Gasteiger partial charge in [-0.1, -0.05) is 34.8 Å². The Labute approximate surface area is 222 Å². The number of halogens is 6. The number of alkyl halides is 3. The Kier molecular flexibility index (Phi) is 7.02. The van der Waals surface area contributed by atoms with Crippen LogP contribution in [0.15, 0.2) is 48.0 Å². The molecule has 4 rings (SSSR count). The van der Waals surface area contributed by atoms with Crippen LogP contribution in [0.2, 0.25) is 15.1 Å². The molecule has 3 aromatic rings. The minimum absolute atomic E-state index is 0.0154. The molecule has 0 radical (unpaired) electrons. The fraction of sp³-hybridized carbons (Fsp3) is 0.0909. The molecule has 186 valence electrons. The monoisotopic (exact) mass is 574 g/mol. The van der Waals surface area contributed by atoms with Crippen LogP contribution in [0.4, 0.5) is 18.9 Å². The summed E-state index contributed by atoms with van der Waals surface area (Å²) in [4.78, 5) is 26.9. The van der Waals surface area contributed by atoms with Crippen molar-refractivity contribution in [2.75, 3.05) is 4.90 Å². The van der Waals surface area contributed by atoms with Gasteiger partial charge >= 0.3 is 6.18 Å². The smallest absolute Gasteiger partial charge is 0.435 e. The molecule has 2 heterocycles. The number of rotatable bonds is 4. The first kappa shape index (κ1) is 26.0. The Morgan fingerprint density at radius 2 is 1.69 bits per heavy atom. The lowest BCUT2D eigenvalue weighted by molar-refractivity contribution is -0.141. The van der Waals surface area contributed by atoms with Gasteiger partial charge in [-0.3, -0.25) is 19.8 Å². The van der Waals surface area contributed by atoms with Gasteiger partial charge in [0.1, 0.15) is 11.3 Å². The number of hydrogen-bond acceptors (Lipinski definition) is 5. The second-order valence-electron chi connectivity index (χ2n) is 7.30. The molecule has 36 heavy (non-hydrogen) atoms. The molecular weight excluding hydrogens is 564 g/mol. The van der Waals surface area contributed by atoms with E-state index in [1.54, 1.807) is 0 Å². The molecule has 0 unspecified atom stereocenters. The topological polar surface area (TPSA) is 76.5 Å². The van der Waals surface area contributed by atoms with Crippen molar-refractivity contribution in [2.24, 2.45) is 7.05 Å². The predicted molar refractivity (Wildman–Crippen MR) is 132 cm³/mol. The minimum Gasteiger partial charge on any atom is -0.437 e. The largest absolute Gasteiger partial charge is 0.437 e. The van der Waals surface area contributed by atoms with Crippen molar-refractivity contribution in [3.8, 4) is 11.6 Å². The zero-order chi connectivity index (χ0) is 26.4. The van der Waals surface area contributed by atoms with Gasteiger partial charge in [-0.2, -0.15) is 18.3 Å². The first-order chi connectivity index (χ1) is 16.9. The molecule has 0 aliphatic carbocycles. The lowest BCUT2D eigenvalue weighted by Crippen LogP contribution is -2.54. The average molecular weight is 576 g/mol. The SMILES string of the molecule is Cn1nc(C(F)(F)F)c(C=C2C(=O)NC(=S)N(c3ccc(Cl)cc3)C2=O)c1Oc1ccc(Cl)cc1Cl. The third kappa shape index (κ3) is 5.05. The molecule has 1 fully saturated rings. The molecule has 2 aromatic carbocycles. The number of amides is 2. The summed E-state index contributed by atoms with van der Waals surface area (Å²) in [7, 11) is 1.20. The summed E-state index contributed by atoms with van der Waals surface area (Å²) in [5.74, 6) is -2.41. The van der Waals surface area contributed by atoms with Gasteiger partial charge in [0.2, 0.25) is 5.88 Å². The number of carbonyl (C=O) groups excluding carboxylic acids is 2. The summed E-state index contributed by atoms with van der Waals surface area (Å²) in [5, 5.41) is 6.22. The molecule has 14 heteroatoms. The summed E-state index contributed by atoms with van der Waals surface area (Å²) >= 11 is 23.0. The van der Waals surface area contributed by atoms with Crippen molar-refractivity contribution < 1.29 is 27.5 Å². The lowest BCUT2D eigenvalue weighted by atomic mass is 10.1. The molecule has 1 aliphatic rings. The van der Waals surface area contributed by atoms with Crippen LogP contribution in [0, 0.1) is 0 Å². The highest BCUT2D eigenvalue weighted by atomic mass is 35.5. The van der Waals surface area contributed by atoms with E-state index in [0.717, 1.165) is 15.7 Å². The number of aryl methyl sites for hydroxylation is 1. The number of ether oxygens (including phenoxy) is 1. The summed E-state index contributed by atoms with van der Waals surface area (Å²) in [5.41, 5.74) is -2.45. The van der Waals surface area contributed by atoms with E-state index in [0.29, 0.717) is 5.02 Å². The van der Waals surface area contributed by atoms with Crippen molar-refractivity contribution in [1.29, 1.82) is 0 Å². The third-order valence-electron chi connectivity index (χ3n) is 4.87. The molecule has 7 nitrogen and oxygen atoms in total. The van der Waals surface area contributed by atoms with Crippen molar-refractivity contribution in [1.82, 2.24) is 15.1 Å². The lowest BCUT2D eigenvalue weighted by Gasteiger charge is -2.29. The van der Waals surface area contributed by atoms with Crippen molar-refractivity contribution in [2.45, 2.75) is 6.18 Å². The van der Waals surface area contributed by atoms with Crippen LogP contribution in [0.3, 0.4) is 0 Å². The van der Waals surface area contributed by atoms with Crippen molar-refractivity contribution in [3.05, 3.63) is 74.4 Å². The standard InChI is InChI=1S/C22H12Cl3F3N4O3S/c1-31-20(35-16-7-4-11(24)8-15(16)25)13(17(30-31)22(26,27)28)9-14-18(33)29-21(36)32(19(14)34)12-5-2-10(23)3-6-12/h2-9H,1H3,(H,29,33,36). The van der Waals surface area contributed by atoms with Crippen LogP contribution >= 0.6 is 47.0 Å². The Morgan fingerprint density at radius 3 is 2.31 bits per heavy atom. The van der Waals surface area contributed by atoms with Gasteiger partial charge in [0.15, 0.2) is 10.8 Å². The number of nitrogens with zero attached hydrogens (tertiary/aromatic N) is 3. The third-order valence-corrected chi connectivity index (χ3v) is 5.94. The van der Waals surface area contributed by atoms with Crippen molar-refractivity contribution >= 4 is 75.7 Å². The molecule has 0 spiro atoms. The zero-order valence-electron chi connectivity index (χ0n) is 17.9. The van der Waals surface area contributed by atoms with E-state index in [-0.39, 0.29) is 26.6 Å². The summed E-state index contributed by atoms with van der Waals surface area (Å²) in [6.45, 7) is 0. The van der Waals surface area contributed by atoms with E-state index in [4.69, 9.17) is 51.8 Å². The molecule has 0 atom stereocenters. The van der Waals surface area contributed by atoms with Gasteiger partial charge in [0, 0.05) is 17.1 Å². The molecule has 1 N–H and O–H groups in total. The summed E-state index contributed by atoms with van der Waals surface area (Å²) in [6, 6.07) is 10.00. The highest BCUT2D eigenvalue weighted by molar-refractivity contribution is 7.80. The molecule has 1 aliphatic heterocycles. The Bertz CT molecular complexity index is 1440. The fourth-order valence-corrected chi connectivity index (χ4v) is 4.13. The highest BCUT2D eigenvalue weighted by Gasteiger charge is 2.41. The molecule has 2 amide bonds. The predicted octanol–water partition coefficient (Wildman–Crippen LogP) is 6.02. The van der Waals surface area contributed by atoms with E-state index in [1.807, 2.05) is 0 Å². The average Bonchev–Trinajstić information content (AvgIpc) is 3.09. The van der Waals surface area contributed by atoms with Gasteiger partial charge in [-0.05, 0) is 60.8 Å². The summed E-state index contributed by atoms with van der Waals surface area (Å²) < 4.78 is 48.0. The Balaban J connectivity index is 1.85. The molecular formula is C22H12Cl3F3N4O3S. The zero-order valence-corrected chi connectivity index (χ0v) is 20.9. The molecule has 1 saturated heterocycles. The number of nitrogens with one attached hydrogen (secondary N) is 1. The second-order valence-corrected chi connectivity index (χ2v) is 8.97. The fourth-order valence-electron chi connectivity index (χ4n) is 3.27. The van der Waals surface area contributed by atoms with Gasteiger partial charge in [0.05, 0.1) is 16.3 Å². The van der Waals surface area contributed by atoms with Crippen molar-refractivity contribution in [3.63, 3.8) is 0 Å². The van der Waals surface area contributed by atoms with Gasteiger partial charge in [-0.25, -0.2) is 4.68 Å². The van der Waals surface area contributed by atoms with Crippen LogP contribution in [0.5, 0.6) is 11.6 Å². The second kappa shape index (κ2) is 9.74. The first-order valence-electron chi connectivity index (χ1n) is 9.81. The van der Waals surface area contributed by atoms with E-state index >= 15 is 0 Å². The number of carbonyl (C=O) groups is 2. The Morgan fingerprint density at radius 1 is 1.06 bits per heavy atom. The number of hydrogen-bond donors (Lipinski definition) is 1. The normalized spacial score (nSPS) is 15.5. The Hall–Kier alpha value is -3.12. The number of anilines is 1. The van der Waals surface area contributed by atoms with Crippen LogP contribution in [0.1, 0.15) is 11.3 Å². The number of thiocarbonyl (C=S) groups is 1. The minimum atomic E-state index is -4.95. The van der Waals surface area contributed by atoms with E-state index < -0.39 is 40.7 Å². The maximum atomic E-state index is 13.9. The number of aromatic nitrogens is 2. The van der Waals surface area contributed by atoms with E-state index in [2.05, 4.69) is 10.4 Å². The van der Waals surface area contributed by atoms with Crippen LogP contribution < -0.4 is 15.0 Å². The maximum Gasteiger partial charge on any atom is 0.435 e. The highest BCUT2D eigenvalue weighted by Crippen LogP contribution is 2.40. The van der Waals surface area contributed by atoms with Gasteiger partial charge in [-0.15, -0.1) is 0 Å². The first-order valence-corrected chi connectivity index (χ1v) is 11.3. The molecule has 0 bridgehead atoms. The van der Waals surface area contributed by atoms with E-state index in [1.165, 1.54) is 49.5 Å². The van der Waals surface area contributed by atoms with Crippen LogP contribution in [-0.2, 0) is 22.8 Å². The summed E-state index contributed by atoms with van der Waals surface area (Å²) in [6.07, 6.45) is -4.20. The van der Waals surface area contributed by atoms with Crippen LogP contribution in [-0.4, -0.2) is 26.7 Å². The van der Waals surface area contributed by atoms with Gasteiger partial charge < -0.3 is 4.74 Å². The molecule has 1 aromatic heterocycles. The van der Waals surface area contributed by atoms with Crippen LogP contribution in [0.25, 0.3) is 6.08 Å². The number of benzene rings is 2. The molecule has 0 saturated carbocycles.